The predicted octanol–water partition coefficient (Wildman–Crippen LogP) is 1.34. The standard InChI is InChI=1S/C12H17N5O2/c1-2-13-12-15-10-9(7-14-17-10)11(16-12)19-8-3-5-18-6-4-8/h7-8H,2-6H2,1H3,(H2,13,14,15,16,17). The molecule has 0 aromatic carbocycles. The molecule has 0 radical (unpaired) electrons. The smallest absolute Gasteiger partial charge is 0.229 e. The number of hydrogen-bond acceptors (Lipinski definition) is 6. The lowest BCUT2D eigenvalue weighted by Gasteiger charge is -2.23. The van der Waals surface area contributed by atoms with Crippen molar-refractivity contribution in [1.29, 1.82) is 0 Å². The summed E-state index contributed by atoms with van der Waals surface area (Å²) in [6.45, 7) is 4.24. The number of aromatic amines is 1. The second-order valence-corrected chi connectivity index (χ2v) is 4.44. The Hall–Kier alpha value is -1.89. The van der Waals surface area contributed by atoms with E-state index in [2.05, 4.69) is 25.5 Å². The van der Waals surface area contributed by atoms with E-state index in [1.54, 1.807) is 6.20 Å². The van der Waals surface area contributed by atoms with Gasteiger partial charge >= 0.3 is 0 Å². The van der Waals surface area contributed by atoms with Crippen LogP contribution in [0.25, 0.3) is 11.0 Å². The Kier molecular flexibility index (Phi) is 3.45. The summed E-state index contributed by atoms with van der Waals surface area (Å²) in [6, 6.07) is 0. The fraction of sp³-hybridized carbons (Fsp3) is 0.583. The van der Waals surface area contributed by atoms with E-state index in [4.69, 9.17) is 9.47 Å². The second kappa shape index (κ2) is 5.40. The van der Waals surface area contributed by atoms with Crippen LogP contribution < -0.4 is 10.1 Å². The Morgan fingerprint density at radius 3 is 3.05 bits per heavy atom. The summed E-state index contributed by atoms with van der Waals surface area (Å²) in [5.74, 6) is 1.14. The maximum atomic E-state index is 5.98. The van der Waals surface area contributed by atoms with Crippen LogP contribution in [0, 0.1) is 0 Å². The maximum Gasteiger partial charge on any atom is 0.229 e. The average Bonchev–Trinajstić information content (AvgIpc) is 2.89. The molecule has 0 atom stereocenters. The van der Waals surface area contributed by atoms with E-state index in [0.717, 1.165) is 38.0 Å². The SMILES string of the molecule is CCNc1nc(OC2CCOCC2)c2cn[nH]c2n1. The van der Waals surface area contributed by atoms with Crippen LogP contribution in [0.4, 0.5) is 5.95 Å². The molecule has 3 heterocycles. The lowest BCUT2D eigenvalue weighted by Crippen LogP contribution is -2.26. The number of aromatic nitrogens is 4. The number of nitrogens with one attached hydrogen (secondary N) is 2. The van der Waals surface area contributed by atoms with Gasteiger partial charge in [-0.05, 0) is 6.92 Å². The van der Waals surface area contributed by atoms with Crippen molar-refractivity contribution in [3.63, 3.8) is 0 Å². The molecule has 1 fully saturated rings. The molecule has 0 unspecified atom stereocenters. The molecule has 3 rings (SSSR count). The Morgan fingerprint density at radius 1 is 1.42 bits per heavy atom. The van der Waals surface area contributed by atoms with E-state index in [0.29, 0.717) is 17.5 Å². The number of nitrogens with zero attached hydrogens (tertiary/aromatic N) is 3. The van der Waals surface area contributed by atoms with Gasteiger partial charge in [0.2, 0.25) is 11.8 Å². The van der Waals surface area contributed by atoms with E-state index < -0.39 is 0 Å². The van der Waals surface area contributed by atoms with Crippen LogP contribution in [-0.4, -0.2) is 46.0 Å². The van der Waals surface area contributed by atoms with Crippen molar-refractivity contribution in [2.24, 2.45) is 0 Å². The number of anilines is 1. The number of ether oxygens (including phenoxy) is 2. The monoisotopic (exact) mass is 263 g/mol. The van der Waals surface area contributed by atoms with Gasteiger partial charge in [-0.25, -0.2) is 0 Å². The Bertz CT molecular complexity index is 550. The molecule has 102 valence electrons. The van der Waals surface area contributed by atoms with Gasteiger partial charge in [0.25, 0.3) is 0 Å². The van der Waals surface area contributed by atoms with Crippen molar-refractivity contribution in [3.8, 4) is 5.88 Å². The van der Waals surface area contributed by atoms with Crippen molar-refractivity contribution in [1.82, 2.24) is 20.2 Å². The van der Waals surface area contributed by atoms with E-state index >= 15 is 0 Å². The molecule has 1 saturated heterocycles. The zero-order chi connectivity index (χ0) is 13.1. The summed E-state index contributed by atoms with van der Waals surface area (Å²) in [6.07, 6.45) is 3.62. The molecule has 0 spiro atoms. The van der Waals surface area contributed by atoms with E-state index in [9.17, 15) is 0 Å². The largest absolute Gasteiger partial charge is 0.474 e. The van der Waals surface area contributed by atoms with Crippen molar-refractivity contribution in [2.45, 2.75) is 25.9 Å². The van der Waals surface area contributed by atoms with Gasteiger partial charge in [-0.15, -0.1) is 0 Å². The van der Waals surface area contributed by atoms with Gasteiger partial charge in [0.1, 0.15) is 11.5 Å². The quantitative estimate of drug-likeness (QED) is 0.866. The normalized spacial score (nSPS) is 16.7. The van der Waals surface area contributed by atoms with Gasteiger partial charge in [0.05, 0.1) is 19.4 Å². The maximum absolute atomic E-state index is 5.98. The van der Waals surface area contributed by atoms with Gasteiger partial charge in [0.15, 0.2) is 5.65 Å². The van der Waals surface area contributed by atoms with Crippen molar-refractivity contribution in [3.05, 3.63) is 6.20 Å². The highest BCUT2D eigenvalue weighted by atomic mass is 16.5. The molecule has 1 aliphatic heterocycles. The first kappa shape index (κ1) is 12.2. The first-order chi connectivity index (χ1) is 9.36. The Morgan fingerprint density at radius 2 is 2.26 bits per heavy atom. The highest BCUT2D eigenvalue weighted by Crippen LogP contribution is 2.25. The molecule has 7 heteroatoms. The second-order valence-electron chi connectivity index (χ2n) is 4.44. The van der Waals surface area contributed by atoms with Crippen LogP contribution in [0.1, 0.15) is 19.8 Å². The highest BCUT2D eigenvalue weighted by molar-refractivity contribution is 5.80. The first-order valence-corrected chi connectivity index (χ1v) is 6.56. The highest BCUT2D eigenvalue weighted by Gasteiger charge is 2.19. The van der Waals surface area contributed by atoms with Crippen LogP contribution in [0.3, 0.4) is 0 Å². The van der Waals surface area contributed by atoms with Gasteiger partial charge in [-0.2, -0.15) is 15.1 Å². The third-order valence-corrected chi connectivity index (χ3v) is 3.06. The third kappa shape index (κ3) is 2.60. The fourth-order valence-electron chi connectivity index (χ4n) is 2.09. The zero-order valence-electron chi connectivity index (χ0n) is 10.8. The molecule has 0 amide bonds. The van der Waals surface area contributed by atoms with E-state index in [1.165, 1.54) is 0 Å². The molecule has 1 aliphatic rings. The van der Waals surface area contributed by atoms with Crippen LogP contribution in [0.15, 0.2) is 6.20 Å². The minimum absolute atomic E-state index is 0.149. The number of fused-ring (bicyclic) bond motifs is 1. The summed E-state index contributed by atoms with van der Waals surface area (Å²) < 4.78 is 11.3. The molecule has 0 aliphatic carbocycles. The first-order valence-electron chi connectivity index (χ1n) is 6.56. The molecule has 0 bridgehead atoms. The minimum atomic E-state index is 0.149. The minimum Gasteiger partial charge on any atom is -0.474 e. The third-order valence-electron chi connectivity index (χ3n) is 3.06. The molecule has 2 aromatic heterocycles. The summed E-state index contributed by atoms with van der Waals surface area (Å²) >= 11 is 0. The van der Waals surface area contributed by atoms with E-state index in [-0.39, 0.29) is 6.10 Å². The summed E-state index contributed by atoms with van der Waals surface area (Å²) in [4.78, 5) is 8.75. The van der Waals surface area contributed by atoms with Gasteiger partial charge in [-0.3, -0.25) is 5.10 Å². The summed E-state index contributed by atoms with van der Waals surface area (Å²) in [7, 11) is 0. The average molecular weight is 263 g/mol. The topological polar surface area (TPSA) is 85.0 Å². The fourth-order valence-corrected chi connectivity index (χ4v) is 2.09. The Labute approximate surface area is 110 Å². The zero-order valence-corrected chi connectivity index (χ0v) is 10.8. The number of hydrogen-bond donors (Lipinski definition) is 2. The van der Waals surface area contributed by atoms with Gasteiger partial charge in [0, 0.05) is 19.4 Å². The number of rotatable bonds is 4. The Balaban J connectivity index is 1.88. The van der Waals surface area contributed by atoms with Crippen molar-refractivity contribution >= 4 is 17.0 Å². The molecule has 7 nitrogen and oxygen atoms in total. The predicted molar refractivity (Wildman–Crippen MR) is 70.3 cm³/mol. The summed E-state index contributed by atoms with van der Waals surface area (Å²) in [5.41, 5.74) is 0.688. The van der Waals surface area contributed by atoms with E-state index in [1.807, 2.05) is 6.92 Å². The molecule has 2 aromatic rings. The molecule has 0 saturated carbocycles. The van der Waals surface area contributed by atoms with Crippen LogP contribution in [-0.2, 0) is 4.74 Å². The van der Waals surface area contributed by atoms with Crippen molar-refractivity contribution in [2.75, 3.05) is 25.1 Å². The number of H-pyrrole nitrogens is 1. The molecular formula is C12H17N5O2. The van der Waals surface area contributed by atoms with Crippen LogP contribution in [0.2, 0.25) is 0 Å². The molecule has 2 N–H and O–H groups in total. The van der Waals surface area contributed by atoms with Crippen LogP contribution in [0.5, 0.6) is 5.88 Å². The lowest BCUT2D eigenvalue weighted by atomic mass is 10.1. The van der Waals surface area contributed by atoms with Crippen molar-refractivity contribution < 1.29 is 9.47 Å². The summed E-state index contributed by atoms with van der Waals surface area (Å²) in [5, 5.41) is 10.8. The van der Waals surface area contributed by atoms with Gasteiger partial charge < -0.3 is 14.8 Å². The molecule has 19 heavy (non-hydrogen) atoms. The van der Waals surface area contributed by atoms with Gasteiger partial charge in [-0.1, -0.05) is 0 Å². The molecular weight excluding hydrogens is 246 g/mol. The van der Waals surface area contributed by atoms with Crippen LogP contribution >= 0.6 is 0 Å². The lowest BCUT2D eigenvalue weighted by molar-refractivity contribution is 0.0244.